The maximum absolute atomic E-state index is 12.7. The Balaban J connectivity index is 1.74. The van der Waals surface area contributed by atoms with Gasteiger partial charge in [-0.15, -0.1) is 0 Å². The average Bonchev–Trinajstić information content (AvgIpc) is 2.63. The van der Waals surface area contributed by atoms with Crippen molar-refractivity contribution >= 4 is 17.3 Å². The van der Waals surface area contributed by atoms with Crippen molar-refractivity contribution in [1.82, 2.24) is 5.32 Å². The normalized spacial score (nSPS) is 22.0. The number of carbonyl (C=O) groups excluding carboxylic acids is 1. The number of benzene rings is 1. The van der Waals surface area contributed by atoms with E-state index in [-0.39, 0.29) is 22.6 Å². The number of nitro groups is 1. The van der Waals surface area contributed by atoms with Crippen LogP contribution in [-0.4, -0.2) is 30.0 Å². The standard InChI is InChI=1S/C21H31N3O3/c1-16-8-7-13-23(15-16)19-12-11-17(14-20(19)24(26)27)21(25)22-18-9-5-3-2-4-6-10-18/h11-12,14,16,18H,2-10,13,15H2,1H3,(H,22,25)/t16-/m1/s1. The molecule has 6 heteroatoms. The molecule has 1 aliphatic carbocycles. The number of hydrogen-bond acceptors (Lipinski definition) is 4. The van der Waals surface area contributed by atoms with Crippen molar-refractivity contribution in [1.29, 1.82) is 0 Å². The topological polar surface area (TPSA) is 75.5 Å². The van der Waals surface area contributed by atoms with Gasteiger partial charge in [0.05, 0.1) is 4.92 Å². The molecule has 1 saturated carbocycles. The van der Waals surface area contributed by atoms with Gasteiger partial charge in [-0.2, -0.15) is 0 Å². The number of rotatable bonds is 4. The molecule has 0 radical (unpaired) electrons. The van der Waals surface area contributed by atoms with Crippen molar-refractivity contribution in [3.05, 3.63) is 33.9 Å². The maximum atomic E-state index is 12.7. The lowest BCUT2D eigenvalue weighted by molar-refractivity contribution is -0.384. The highest BCUT2D eigenvalue weighted by Gasteiger charge is 2.25. The fraction of sp³-hybridized carbons (Fsp3) is 0.667. The van der Waals surface area contributed by atoms with Crippen molar-refractivity contribution in [3.8, 4) is 0 Å². The third kappa shape index (κ3) is 5.21. The van der Waals surface area contributed by atoms with Gasteiger partial charge in [0.1, 0.15) is 5.69 Å². The Kier molecular flexibility index (Phi) is 6.69. The lowest BCUT2D eigenvalue weighted by atomic mass is 9.96. The number of piperidine rings is 1. The first-order valence-corrected chi connectivity index (χ1v) is 10.4. The number of nitrogens with zero attached hydrogens (tertiary/aromatic N) is 2. The quantitative estimate of drug-likeness (QED) is 0.614. The molecular formula is C21H31N3O3. The minimum Gasteiger partial charge on any atom is -0.366 e. The van der Waals surface area contributed by atoms with E-state index in [1.165, 1.54) is 25.3 Å². The molecule has 2 aliphatic rings. The Morgan fingerprint density at radius 1 is 1.11 bits per heavy atom. The zero-order chi connectivity index (χ0) is 19.2. The van der Waals surface area contributed by atoms with Crippen LogP contribution in [0.5, 0.6) is 0 Å². The molecule has 27 heavy (non-hydrogen) atoms. The third-order valence-corrected chi connectivity index (χ3v) is 5.87. The second kappa shape index (κ2) is 9.20. The fourth-order valence-electron chi connectivity index (χ4n) is 4.36. The summed E-state index contributed by atoms with van der Waals surface area (Å²) in [6.07, 6.45) is 10.2. The van der Waals surface area contributed by atoms with E-state index < -0.39 is 0 Å². The smallest absolute Gasteiger partial charge is 0.293 e. The predicted molar refractivity (Wildman–Crippen MR) is 107 cm³/mol. The summed E-state index contributed by atoms with van der Waals surface area (Å²) in [5, 5.41) is 14.7. The lowest BCUT2D eigenvalue weighted by Crippen LogP contribution is -2.36. The van der Waals surface area contributed by atoms with Gasteiger partial charge >= 0.3 is 0 Å². The summed E-state index contributed by atoms with van der Waals surface area (Å²) >= 11 is 0. The molecule has 148 valence electrons. The molecule has 1 aromatic carbocycles. The highest BCUT2D eigenvalue weighted by molar-refractivity contribution is 5.96. The van der Waals surface area contributed by atoms with Crippen LogP contribution < -0.4 is 10.2 Å². The van der Waals surface area contributed by atoms with Gasteiger partial charge in [0, 0.05) is 30.8 Å². The molecule has 1 aliphatic heterocycles. The summed E-state index contributed by atoms with van der Waals surface area (Å²) < 4.78 is 0. The van der Waals surface area contributed by atoms with Crippen molar-refractivity contribution in [2.24, 2.45) is 5.92 Å². The number of carbonyl (C=O) groups is 1. The van der Waals surface area contributed by atoms with E-state index in [4.69, 9.17) is 0 Å². The number of anilines is 1. The molecule has 0 spiro atoms. The van der Waals surface area contributed by atoms with E-state index in [0.717, 1.165) is 51.6 Å². The van der Waals surface area contributed by atoms with E-state index in [2.05, 4.69) is 17.1 Å². The van der Waals surface area contributed by atoms with Gasteiger partial charge in [-0.3, -0.25) is 14.9 Å². The Labute approximate surface area is 161 Å². The van der Waals surface area contributed by atoms with Crippen LogP contribution in [0.3, 0.4) is 0 Å². The van der Waals surface area contributed by atoms with Crippen molar-refractivity contribution < 1.29 is 9.72 Å². The van der Waals surface area contributed by atoms with Crippen LogP contribution in [0, 0.1) is 16.0 Å². The van der Waals surface area contributed by atoms with Gasteiger partial charge in [0.25, 0.3) is 11.6 Å². The first-order chi connectivity index (χ1) is 13.0. The molecule has 1 aromatic rings. The predicted octanol–water partition coefficient (Wildman–Crippen LogP) is 4.67. The van der Waals surface area contributed by atoms with Gasteiger partial charge in [0.15, 0.2) is 0 Å². The van der Waals surface area contributed by atoms with Crippen LogP contribution in [0.1, 0.15) is 75.1 Å². The van der Waals surface area contributed by atoms with Gasteiger partial charge < -0.3 is 10.2 Å². The first-order valence-electron chi connectivity index (χ1n) is 10.4. The molecule has 1 saturated heterocycles. The van der Waals surface area contributed by atoms with Crippen LogP contribution in [0.25, 0.3) is 0 Å². The van der Waals surface area contributed by atoms with Crippen molar-refractivity contribution in [2.45, 2.75) is 70.8 Å². The highest BCUT2D eigenvalue weighted by Crippen LogP contribution is 2.32. The Morgan fingerprint density at radius 3 is 2.48 bits per heavy atom. The molecule has 0 bridgehead atoms. The van der Waals surface area contributed by atoms with Gasteiger partial charge in [-0.1, -0.05) is 39.0 Å². The monoisotopic (exact) mass is 373 g/mol. The summed E-state index contributed by atoms with van der Waals surface area (Å²) in [6, 6.07) is 5.12. The molecule has 1 N–H and O–H groups in total. The van der Waals surface area contributed by atoms with Crippen LogP contribution in [0.4, 0.5) is 11.4 Å². The largest absolute Gasteiger partial charge is 0.366 e. The molecule has 1 amide bonds. The zero-order valence-corrected chi connectivity index (χ0v) is 16.3. The van der Waals surface area contributed by atoms with E-state index in [9.17, 15) is 14.9 Å². The minimum atomic E-state index is -0.360. The van der Waals surface area contributed by atoms with Gasteiger partial charge in [-0.05, 0) is 43.7 Å². The molecule has 2 fully saturated rings. The summed E-state index contributed by atoms with van der Waals surface area (Å²) in [6.45, 7) is 3.84. The summed E-state index contributed by atoms with van der Waals surface area (Å²) in [5.74, 6) is 0.336. The van der Waals surface area contributed by atoms with Gasteiger partial charge in [-0.25, -0.2) is 0 Å². The number of hydrogen-bond donors (Lipinski definition) is 1. The second-order valence-electron chi connectivity index (χ2n) is 8.17. The molecular weight excluding hydrogens is 342 g/mol. The maximum Gasteiger partial charge on any atom is 0.293 e. The fourth-order valence-corrected chi connectivity index (χ4v) is 4.36. The summed E-state index contributed by atoms with van der Waals surface area (Å²) in [5.41, 5.74) is 1.06. The number of nitro benzene ring substituents is 1. The van der Waals surface area contributed by atoms with Crippen molar-refractivity contribution in [3.63, 3.8) is 0 Å². The van der Waals surface area contributed by atoms with Crippen LogP contribution in [0.15, 0.2) is 18.2 Å². The molecule has 1 heterocycles. The first kappa shape index (κ1) is 19.6. The molecule has 3 rings (SSSR count). The van der Waals surface area contributed by atoms with Crippen molar-refractivity contribution in [2.75, 3.05) is 18.0 Å². The Hall–Kier alpha value is -2.11. The van der Waals surface area contributed by atoms with E-state index in [1.807, 2.05) is 0 Å². The van der Waals surface area contributed by atoms with Crippen LogP contribution in [0.2, 0.25) is 0 Å². The van der Waals surface area contributed by atoms with Crippen LogP contribution >= 0.6 is 0 Å². The average molecular weight is 373 g/mol. The Morgan fingerprint density at radius 2 is 1.81 bits per heavy atom. The molecule has 0 unspecified atom stereocenters. The molecule has 1 atom stereocenters. The number of nitrogens with one attached hydrogen (secondary N) is 1. The Bertz CT molecular complexity index is 669. The third-order valence-electron chi connectivity index (χ3n) is 5.87. The molecule has 0 aromatic heterocycles. The second-order valence-corrected chi connectivity index (χ2v) is 8.17. The lowest BCUT2D eigenvalue weighted by Gasteiger charge is -2.32. The van der Waals surface area contributed by atoms with E-state index in [0.29, 0.717) is 17.2 Å². The van der Waals surface area contributed by atoms with Crippen LogP contribution in [-0.2, 0) is 0 Å². The summed E-state index contributed by atoms with van der Waals surface area (Å²) in [7, 11) is 0. The molecule has 6 nitrogen and oxygen atoms in total. The zero-order valence-electron chi connectivity index (χ0n) is 16.3. The number of amides is 1. The van der Waals surface area contributed by atoms with E-state index >= 15 is 0 Å². The highest BCUT2D eigenvalue weighted by atomic mass is 16.6. The minimum absolute atomic E-state index is 0.0365. The van der Waals surface area contributed by atoms with Gasteiger partial charge in [0.2, 0.25) is 0 Å². The SMILES string of the molecule is C[C@@H]1CCCN(c2ccc(C(=O)NC3CCCCCCC3)cc2[N+](=O)[O-])C1. The summed E-state index contributed by atoms with van der Waals surface area (Å²) in [4.78, 5) is 26.0. The van der Waals surface area contributed by atoms with E-state index in [1.54, 1.807) is 12.1 Å².